The minimum atomic E-state index is -4.32. The largest absolute Gasteiger partial charge is 0.416 e. The second-order valence-electron chi connectivity index (χ2n) is 3.87. The number of aryl methyl sites for hydroxylation is 1. The molecule has 0 saturated heterocycles. The summed E-state index contributed by atoms with van der Waals surface area (Å²) in [5.41, 5.74) is -0.122. The number of hydrogen-bond donors (Lipinski definition) is 1. The molecule has 0 amide bonds. The maximum absolute atomic E-state index is 12.5. The Bertz CT molecular complexity index is 534. The van der Waals surface area contributed by atoms with E-state index in [1.165, 1.54) is 6.07 Å². The summed E-state index contributed by atoms with van der Waals surface area (Å²) in [7, 11) is 0. The molecule has 0 atom stereocenters. The van der Waals surface area contributed by atoms with Crippen LogP contribution in [-0.2, 0) is 12.7 Å². The van der Waals surface area contributed by atoms with Crippen molar-refractivity contribution in [2.24, 2.45) is 0 Å². The number of hydrogen-bond acceptors (Lipinski definition) is 3. The normalized spacial score (nSPS) is 11.6. The Balaban J connectivity index is 2.06. The Morgan fingerprint density at radius 1 is 1.28 bits per heavy atom. The quantitative estimate of drug-likeness (QED) is 0.911. The molecule has 0 radical (unpaired) electrons. The molecule has 2 rings (SSSR count). The summed E-state index contributed by atoms with van der Waals surface area (Å²) in [5, 5.41) is 6.58. The third-order valence-electron chi connectivity index (χ3n) is 2.36. The zero-order valence-electron chi connectivity index (χ0n) is 9.58. The number of halogens is 3. The molecule has 6 heteroatoms. The van der Waals surface area contributed by atoms with E-state index in [9.17, 15) is 13.2 Å². The number of rotatable bonds is 3. The lowest BCUT2D eigenvalue weighted by molar-refractivity contribution is -0.137. The predicted octanol–water partition coefficient (Wildman–Crippen LogP) is 3.61. The molecular weight excluding hydrogens is 245 g/mol. The predicted molar refractivity (Wildman–Crippen MR) is 60.0 cm³/mol. The topological polar surface area (TPSA) is 38.1 Å². The molecular formula is C12H11F3N2O. The van der Waals surface area contributed by atoms with Crippen molar-refractivity contribution in [3.05, 3.63) is 47.2 Å². The van der Waals surface area contributed by atoms with Crippen molar-refractivity contribution in [2.75, 3.05) is 5.32 Å². The van der Waals surface area contributed by atoms with Crippen LogP contribution in [0.1, 0.15) is 16.9 Å². The van der Waals surface area contributed by atoms with E-state index in [4.69, 9.17) is 4.52 Å². The summed E-state index contributed by atoms with van der Waals surface area (Å²) in [6, 6.07) is 6.83. The number of nitrogens with one attached hydrogen (secondary N) is 1. The molecule has 2 aromatic rings. The van der Waals surface area contributed by atoms with E-state index in [0.717, 1.165) is 12.1 Å². The molecule has 0 saturated carbocycles. The first-order valence-electron chi connectivity index (χ1n) is 5.28. The van der Waals surface area contributed by atoms with Crippen LogP contribution in [0, 0.1) is 6.92 Å². The Hall–Kier alpha value is -1.98. The molecule has 0 spiro atoms. The van der Waals surface area contributed by atoms with Crippen LogP contribution in [0.5, 0.6) is 0 Å². The number of alkyl halides is 3. The zero-order valence-corrected chi connectivity index (χ0v) is 9.58. The van der Waals surface area contributed by atoms with E-state index in [0.29, 0.717) is 17.1 Å². The number of aromatic nitrogens is 1. The van der Waals surface area contributed by atoms with Crippen molar-refractivity contribution < 1.29 is 17.7 Å². The van der Waals surface area contributed by atoms with Gasteiger partial charge in [-0.05, 0) is 24.6 Å². The molecule has 1 aromatic carbocycles. The first-order chi connectivity index (χ1) is 8.45. The van der Waals surface area contributed by atoms with Gasteiger partial charge in [-0.25, -0.2) is 0 Å². The third-order valence-corrected chi connectivity index (χ3v) is 2.36. The van der Waals surface area contributed by atoms with Gasteiger partial charge in [0.2, 0.25) is 0 Å². The van der Waals surface area contributed by atoms with Gasteiger partial charge in [0.15, 0.2) is 5.82 Å². The molecule has 0 aliphatic heterocycles. The molecule has 96 valence electrons. The van der Waals surface area contributed by atoms with Gasteiger partial charge in [-0.2, -0.15) is 13.2 Å². The molecule has 1 N–H and O–H groups in total. The summed E-state index contributed by atoms with van der Waals surface area (Å²) in [5.74, 6) is 1.14. The van der Waals surface area contributed by atoms with Crippen LogP contribution in [0.3, 0.4) is 0 Å². The van der Waals surface area contributed by atoms with Gasteiger partial charge >= 0.3 is 6.18 Å². The van der Waals surface area contributed by atoms with Gasteiger partial charge in [0.05, 0.1) is 5.56 Å². The minimum Gasteiger partial charge on any atom is -0.363 e. The van der Waals surface area contributed by atoms with Crippen molar-refractivity contribution in [1.82, 2.24) is 5.16 Å². The number of nitrogens with zero attached hydrogens (tertiary/aromatic N) is 1. The van der Waals surface area contributed by atoms with E-state index in [-0.39, 0.29) is 6.54 Å². The summed E-state index contributed by atoms with van der Waals surface area (Å²) in [6.07, 6.45) is -4.32. The lowest BCUT2D eigenvalue weighted by Gasteiger charge is -2.08. The van der Waals surface area contributed by atoms with Gasteiger partial charge < -0.3 is 9.84 Å². The van der Waals surface area contributed by atoms with Crippen LogP contribution in [0.2, 0.25) is 0 Å². The molecule has 3 nitrogen and oxygen atoms in total. The van der Waals surface area contributed by atoms with E-state index < -0.39 is 11.7 Å². The lowest BCUT2D eigenvalue weighted by atomic mass is 10.1. The van der Waals surface area contributed by atoms with Gasteiger partial charge in [0.1, 0.15) is 5.76 Å². The average molecular weight is 256 g/mol. The van der Waals surface area contributed by atoms with Crippen LogP contribution in [0.25, 0.3) is 0 Å². The molecule has 0 unspecified atom stereocenters. The number of benzene rings is 1. The summed E-state index contributed by atoms with van der Waals surface area (Å²) in [6.45, 7) is 2.00. The summed E-state index contributed by atoms with van der Waals surface area (Å²) < 4.78 is 42.3. The van der Waals surface area contributed by atoms with E-state index in [1.807, 2.05) is 0 Å². The Labute approximate surface area is 102 Å². The highest BCUT2D eigenvalue weighted by molar-refractivity contribution is 5.36. The Morgan fingerprint density at radius 3 is 2.67 bits per heavy atom. The molecule has 0 fully saturated rings. The number of anilines is 1. The Kier molecular flexibility index (Phi) is 3.27. The van der Waals surface area contributed by atoms with Gasteiger partial charge in [-0.15, -0.1) is 0 Å². The van der Waals surface area contributed by atoms with Crippen molar-refractivity contribution in [2.45, 2.75) is 19.6 Å². The van der Waals surface area contributed by atoms with Gasteiger partial charge in [0.25, 0.3) is 0 Å². The highest BCUT2D eigenvalue weighted by Crippen LogP contribution is 2.29. The van der Waals surface area contributed by atoms with Crippen molar-refractivity contribution in [1.29, 1.82) is 0 Å². The second-order valence-corrected chi connectivity index (χ2v) is 3.87. The van der Waals surface area contributed by atoms with Crippen LogP contribution in [-0.4, -0.2) is 5.16 Å². The van der Waals surface area contributed by atoms with Crippen LogP contribution < -0.4 is 5.32 Å². The standard InChI is InChI=1S/C12H11F3N2O/c1-8-5-11(17-18-8)16-7-9-3-2-4-10(6-9)12(13,14)15/h2-6H,7H2,1H3,(H,16,17). The lowest BCUT2D eigenvalue weighted by Crippen LogP contribution is -2.06. The van der Waals surface area contributed by atoms with E-state index >= 15 is 0 Å². The third kappa shape index (κ3) is 3.03. The van der Waals surface area contributed by atoms with Crippen LogP contribution >= 0.6 is 0 Å². The van der Waals surface area contributed by atoms with E-state index in [1.54, 1.807) is 19.1 Å². The Morgan fingerprint density at radius 2 is 2.06 bits per heavy atom. The minimum absolute atomic E-state index is 0.260. The average Bonchev–Trinajstić information content (AvgIpc) is 2.72. The molecule has 0 aliphatic rings. The zero-order chi connectivity index (χ0) is 13.2. The second kappa shape index (κ2) is 4.72. The van der Waals surface area contributed by atoms with Crippen LogP contribution in [0.4, 0.5) is 19.0 Å². The fourth-order valence-electron chi connectivity index (χ4n) is 1.50. The van der Waals surface area contributed by atoms with Crippen LogP contribution in [0.15, 0.2) is 34.9 Å². The molecule has 1 aromatic heterocycles. The SMILES string of the molecule is Cc1cc(NCc2cccc(C(F)(F)F)c2)no1. The van der Waals surface area contributed by atoms with Gasteiger partial charge in [-0.3, -0.25) is 0 Å². The smallest absolute Gasteiger partial charge is 0.363 e. The first kappa shape index (κ1) is 12.5. The highest BCUT2D eigenvalue weighted by atomic mass is 19.4. The van der Waals surface area contributed by atoms with Gasteiger partial charge in [0, 0.05) is 12.6 Å². The van der Waals surface area contributed by atoms with Crippen molar-refractivity contribution >= 4 is 5.82 Å². The maximum Gasteiger partial charge on any atom is 0.416 e. The fraction of sp³-hybridized carbons (Fsp3) is 0.250. The fourth-order valence-corrected chi connectivity index (χ4v) is 1.50. The summed E-state index contributed by atoms with van der Waals surface area (Å²) in [4.78, 5) is 0. The molecule has 18 heavy (non-hydrogen) atoms. The summed E-state index contributed by atoms with van der Waals surface area (Å²) >= 11 is 0. The molecule has 0 bridgehead atoms. The van der Waals surface area contributed by atoms with Crippen molar-refractivity contribution in [3.8, 4) is 0 Å². The highest BCUT2D eigenvalue weighted by Gasteiger charge is 2.30. The van der Waals surface area contributed by atoms with Gasteiger partial charge in [-0.1, -0.05) is 17.3 Å². The molecule has 0 aliphatic carbocycles. The van der Waals surface area contributed by atoms with E-state index in [2.05, 4.69) is 10.5 Å². The first-order valence-corrected chi connectivity index (χ1v) is 5.28. The van der Waals surface area contributed by atoms with Crippen molar-refractivity contribution in [3.63, 3.8) is 0 Å². The maximum atomic E-state index is 12.5. The molecule has 1 heterocycles. The monoisotopic (exact) mass is 256 g/mol.